The third kappa shape index (κ3) is 8.44. The van der Waals surface area contributed by atoms with Crippen LogP contribution in [0.2, 0.25) is 0 Å². The van der Waals surface area contributed by atoms with Crippen molar-refractivity contribution in [2.24, 2.45) is 0 Å². The first-order valence-corrected chi connectivity index (χ1v) is 6.96. The monoisotopic (exact) mass is 323 g/mol. The lowest BCUT2D eigenvalue weighted by molar-refractivity contribution is -0.114. The molecule has 0 spiro atoms. The molecule has 1 aromatic carbocycles. The molecule has 0 bridgehead atoms. The molecule has 23 heavy (non-hydrogen) atoms. The number of alkyl carbamates (subject to hydrolysis) is 1. The summed E-state index contributed by atoms with van der Waals surface area (Å²) in [5.41, 5.74) is 3.12. The van der Waals surface area contributed by atoms with Gasteiger partial charge in [0.15, 0.2) is 0 Å². The van der Waals surface area contributed by atoms with Crippen LogP contribution in [0.25, 0.3) is 0 Å². The smallest absolute Gasteiger partial charge is 0.407 e. The molecule has 0 aliphatic heterocycles. The molecule has 0 atom stereocenters. The topological polar surface area (TPSA) is 97.9 Å². The van der Waals surface area contributed by atoms with E-state index in [2.05, 4.69) is 22.7 Å². The summed E-state index contributed by atoms with van der Waals surface area (Å²) in [6.07, 6.45) is -0.564. The van der Waals surface area contributed by atoms with Crippen LogP contribution in [0.1, 0.15) is 0 Å². The van der Waals surface area contributed by atoms with E-state index in [4.69, 9.17) is 14.3 Å². The number of anilines is 1. The minimum Gasteiger partial charge on any atom is -0.447 e. The van der Waals surface area contributed by atoms with Crippen molar-refractivity contribution in [3.63, 3.8) is 0 Å². The molecule has 8 nitrogen and oxygen atoms in total. The predicted octanol–water partition coefficient (Wildman–Crippen LogP) is 1.03. The molecule has 0 saturated carbocycles. The fraction of sp³-hybridized carbons (Fsp3) is 0.333. The Morgan fingerprint density at radius 3 is 2.57 bits per heavy atom. The van der Waals surface area contributed by atoms with Gasteiger partial charge < -0.3 is 20.1 Å². The van der Waals surface area contributed by atoms with Crippen LogP contribution in [0.15, 0.2) is 42.6 Å². The van der Waals surface area contributed by atoms with Gasteiger partial charge in [0.1, 0.15) is 12.3 Å². The second-order valence-corrected chi connectivity index (χ2v) is 4.30. The molecule has 126 valence electrons. The highest BCUT2D eigenvalue weighted by atomic mass is 16.6. The van der Waals surface area contributed by atoms with E-state index in [1.807, 2.05) is 6.07 Å². The predicted molar refractivity (Wildman–Crippen MR) is 84.5 cm³/mol. The van der Waals surface area contributed by atoms with E-state index in [1.54, 1.807) is 24.3 Å². The standard InChI is InChI=1S/C15H21N3O5/c1-12(14(19)17-13-6-4-3-5-7-13)18-23-9-8-16-15(20)22-11-10-21-2/h3-7,18H,1,8-11H2,2H3,(H,16,20)(H,17,19). The van der Waals surface area contributed by atoms with Gasteiger partial charge in [0.2, 0.25) is 0 Å². The Bertz CT molecular complexity index is 507. The Morgan fingerprint density at radius 1 is 1.13 bits per heavy atom. The lowest BCUT2D eigenvalue weighted by atomic mass is 10.3. The maximum absolute atomic E-state index is 11.8. The highest BCUT2D eigenvalue weighted by Crippen LogP contribution is 2.05. The summed E-state index contributed by atoms with van der Waals surface area (Å²) < 4.78 is 9.52. The van der Waals surface area contributed by atoms with Crippen LogP contribution in [-0.2, 0) is 19.1 Å². The van der Waals surface area contributed by atoms with Crippen molar-refractivity contribution in [2.45, 2.75) is 0 Å². The number of rotatable bonds is 10. The molecule has 0 fully saturated rings. The number of hydroxylamine groups is 1. The van der Waals surface area contributed by atoms with E-state index in [0.717, 1.165) is 0 Å². The summed E-state index contributed by atoms with van der Waals surface area (Å²) in [5.74, 6) is -0.414. The largest absolute Gasteiger partial charge is 0.447 e. The van der Waals surface area contributed by atoms with Gasteiger partial charge in [-0.1, -0.05) is 24.8 Å². The van der Waals surface area contributed by atoms with Crippen LogP contribution < -0.4 is 16.1 Å². The molecule has 2 amide bonds. The van der Waals surface area contributed by atoms with Crippen LogP contribution in [0.5, 0.6) is 0 Å². The molecular weight excluding hydrogens is 302 g/mol. The van der Waals surface area contributed by atoms with E-state index in [9.17, 15) is 9.59 Å². The number of carbonyl (C=O) groups excluding carboxylic acids is 2. The maximum Gasteiger partial charge on any atom is 0.407 e. The number of hydrogen-bond acceptors (Lipinski definition) is 6. The Labute approximate surface area is 134 Å². The van der Waals surface area contributed by atoms with Gasteiger partial charge in [-0.05, 0) is 12.1 Å². The summed E-state index contributed by atoms with van der Waals surface area (Å²) in [6.45, 7) is 4.42. The maximum atomic E-state index is 11.8. The van der Waals surface area contributed by atoms with Gasteiger partial charge in [0, 0.05) is 19.3 Å². The van der Waals surface area contributed by atoms with Crippen molar-refractivity contribution in [1.29, 1.82) is 0 Å². The number of ether oxygens (including phenoxy) is 2. The molecule has 0 aliphatic carbocycles. The number of hydrogen-bond donors (Lipinski definition) is 3. The van der Waals surface area contributed by atoms with E-state index < -0.39 is 12.0 Å². The minimum absolute atomic E-state index is 0.0523. The molecule has 8 heteroatoms. The Morgan fingerprint density at radius 2 is 1.87 bits per heavy atom. The van der Waals surface area contributed by atoms with E-state index in [-0.39, 0.29) is 25.5 Å². The fourth-order valence-electron chi connectivity index (χ4n) is 1.39. The van der Waals surface area contributed by atoms with Crippen molar-refractivity contribution in [3.05, 3.63) is 42.6 Å². The van der Waals surface area contributed by atoms with Crippen molar-refractivity contribution < 1.29 is 23.9 Å². The zero-order valence-electron chi connectivity index (χ0n) is 13.0. The average Bonchev–Trinajstić information content (AvgIpc) is 2.55. The molecule has 1 aromatic rings. The van der Waals surface area contributed by atoms with Crippen molar-refractivity contribution >= 4 is 17.7 Å². The minimum atomic E-state index is -0.564. The third-order valence-corrected chi connectivity index (χ3v) is 2.50. The Kier molecular flexibility index (Phi) is 8.87. The second-order valence-electron chi connectivity index (χ2n) is 4.30. The number of carbonyl (C=O) groups is 2. The van der Waals surface area contributed by atoms with Crippen LogP contribution in [-0.4, -0.2) is 45.5 Å². The van der Waals surface area contributed by atoms with Crippen LogP contribution in [0, 0.1) is 0 Å². The van der Waals surface area contributed by atoms with Gasteiger partial charge in [-0.25, -0.2) is 4.79 Å². The fourth-order valence-corrected chi connectivity index (χ4v) is 1.39. The van der Waals surface area contributed by atoms with Gasteiger partial charge >= 0.3 is 6.09 Å². The van der Waals surface area contributed by atoms with Crippen molar-refractivity contribution in [3.8, 4) is 0 Å². The van der Waals surface area contributed by atoms with Crippen LogP contribution >= 0.6 is 0 Å². The van der Waals surface area contributed by atoms with Gasteiger partial charge in [-0.15, -0.1) is 0 Å². The molecule has 0 aromatic heterocycles. The average molecular weight is 323 g/mol. The Balaban J connectivity index is 2.09. The molecule has 0 radical (unpaired) electrons. The molecule has 0 unspecified atom stereocenters. The summed E-state index contributed by atoms with van der Waals surface area (Å²) in [5, 5.41) is 5.12. The number of nitrogens with one attached hydrogen (secondary N) is 3. The van der Waals surface area contributed by atoms with Crippen molar-refractivity contribution in [1.82, 2.24) is 10.8 Å². The van der Waals surface area contributed by atoms with E-state index >= 15 is 0 Å². The zero-order chi connectivity index (χ0) is 16.9. The highest BCUT2D eigenvalue weighted by Gasteiger charge is 2.07. The lowest BCUT2D eigenvalue weighted by Gasteiger charge is -2.11. The van der Waals surface area contributed by atoms with Gasteiger partial charge in [-0.2, -0.15) is 0 Å². The first kappa shape index (κ1) is 18.5. The highest BCUT2D eigenvalue weighted by molar-refractivity contribution is 6.02. The number of benzene rings is 1. The SMILES string of the molecule is C=C(NOCCNC(=O)OCCOC)C(=O)Nc1ccccc1. The van der Waals surface area contributed by atoms with Crippen molar-refractivity contribution in [2.75, 3.05) is 38.8 Å². The molecule has 3 N–H and O–H groups in total. The lowest BCUT2D eigenvalue weighted by Crippen LogP contribution is -2.32. The third-order valence-electron chi connectivity index (χ3n) is 2.50. The van der Waals surface area contributed by atoms with Gasteiger partial charge in [0.05, 0.1) is 13.2 Å². The molecule has 1 rings (SSSR count). The number of para-hydroxylation sites is 1. The quantitative estimate of drug-likeness (QED) is 0.338. The number of amides is 2. The summed E-state index contributed by atoms with van der Waals surface area (Å²) in [4.78, 5) is 28.0. The van der Waals surface area contributed by atoms with E-state index in [1.165, 1.54) is 7.11 Å². The molecule has 0 aliphatic rings. The van der Waals surface area contributed by atoms with Gasteiger partial charge in [0.25, 0.3) is 5.91 Å². The van der Waals surface area contributed by atoms with Gasteiger partial charge in [-0.3, -0.25) is 15.1 Å². The van der Waals surface area contributed by atoms with E-state index in [0.29, 0.717) is 12.3 Å². The molecule has 0 heterocycles. The molecular formula is C15H21N3O5. The normalized spacial score (nSPS) is 9.78. The first-order chi connectivity index (χ1) is 11.1. The second kappa shape index (κ2) is 11.0. The summed E-state index contributed by atoms with van der Waals surface area (Å²) >= 11 is 0. The van der Waals surface area contributed by atoms with Crippen LogP contribution in [0.4, 0.5) is 10.5 Å². The molecule has 0 saturated heterocycles. The summed E-state index contributed by atoms with van der Waals surface area (Å²) in [6, 6.07) is 8.97. The summed E-state index contributed by atoms with van der Waals surface area (Å²) in [7, 11) is 1.52. The number of methoxy groups -OCH3 is 1. The van der Waals surface area contributed by atoms with Crippen LogP contribution in [0.3, 0.4) is 0 Å². The first-order valence-electron chi connectivity index (χ1n) is 6.96. The zero-order valence-corrected chi connectivity index (χ0v) is 13.0. The Hall–Kier alpha value is -2.58.